The number of rotatable bonds is 11. The summed E-state index contributed by atoms with van der Waals surface area (Å²) in [4.78, 5) is 23.7. The summed E-state index contributed by atoms with van der Waals surface area (Å²) in [5.41, 5.74) is -1.24. The number of carbonyl (C=O) groups is 1. The molecule has 2 N–H and O–H groups in total. The largest absolute Gasteiger partial charge is 0.478 e. The number of nitrogens with one attached hydrogen (secondary N) is 2. The Bertz CT molecular complexity index is 1310. The number of amides is 1. The van der Waals surface area contributed by atoms with E-state index in [1.54, 1.807) is 18.3 Å². The van der Waals surface area contributed by atoms with Gasteiger partial charge in [-0.15, -0.1) is 0 Å². The van der Waals surface area contributed by atoms with E-state index in [0.717, 1.165) is 49.5 Å². The Morgan fingerprint density at radius 2 is 1.78 bits per heavy atom. The zero-order valence-corrected chi connectivity index (χ0v) is 22.6. The van der Waals surface area contributed by atoms with Gasteiger partial charge in [-0.05, 0) is 81.6 Å². The number of nitrogens with zero attached hydrogens (tertiary/aromatic N) is 3. The number of para-hydroxylation sites is 1. The van der Waals surface area contributed by atoms with Gasteiger partial charge in [-0.3, -0.25) is 4.79 Å². The summed E-state index contributed by atoms with van der Waals surface area (Å²) in [6.07, 6.45) is 1.66. The van der Waals surface area contributed by atoms with Crippen LogP contribution < -0.4 is 15.4 Å². The van der Waals surface area contributed by atoms with Crippen LogP contribution >= 0.6 is 0 Å². The number of piperidine rings is 1. The molecule has 1 aliphatic rings. The number of aromatic nitrogens is 2. The molecule has 0 atom stereocenters. The summed E-state index contributed by atoms with van der Waals surface area (Å²) in [5.74, 6) is -4.73. The van der Waals surface area contributed by atoms with Crippen LogP contribution in [0.4, 0.5) is 33.5 Å². The SMILES string of the molecule is CN1CCC(CCCOc2cc(CNc3ncccc3C(=O)Nc3ccccc3C(F)(F)C(F)(F)F)ccn2)CC1. The average molecular weight is 578 g/mol. The van der Waals surface area contributed by atoms with Gasteiger partial charge in [0.15, 0.2) is 0 Å². The number of halogens is 5. The molecule has 0 radical (unpaired) electrons. The minimum atomic E-state index is -5.82. The van der Waals surface area contributed by atoms with Gasteiger partial charge in [-0.25, -0.2) is 9.97 Å². The van der Waals surface area contributed by atoms with Crippen LogP contribution in [0.2, 0.25) is 0 Å². The predicted molar refractivity (Wildman–Crippen MR) is 145 cm³/mol. The number of hydrogen-bond donors (Lipinski definition) is 2. The molecular formula is C29H32F5N5O2. The second kappa shape index (κ2) is 13.2. The van der Waals surface area contributed by atoms with E-state index in [4.69, 9.17) is 4.74 Å². The van der Waals surface area contributed by atoms with Gasteiger partial charge in [-0.1, -0.05) is 18.2 Å². The maximum absolute atomic E-state index is 14.1. The van der Waals surface area contributed by atoms with Crippen LogP contribution in [0.3, 0.4) is 0 Å². The van der Waals surface area contributed by atoms with Gasteiger partial charge < -0.3 is 20.3 Å². The Labute approximate surface area is 235 Å². The normalized spacial score (nSPS) is 15.0. The second-order valence-electron chi connectivity index (χ2n) is 10.1. The van der Waals surface area contributed by atoms with E-state index in [0.29, 0.717) is 18.6 Å². The van der Waals surface area contributed by atoms with Gasteiger partial charge in [0.05, 0.1) is 23.4 Å². The monoisotopic (exact) mass is 577 g/mol. The van der Waals surface area contributed by atoms with Crippen molar-refractivity contribution >= 4 is 17.4 Å². The number of hydrogen-bond acceptors (Lipinski definition) is 6. The molecule has 3 heterocycles. The van der Waals surface area contributed by atoms with Crippen LogP contribution in [-0.4, -0.2) is 53.7 Å². The number of benzene rings is 1. The molecule has 41 heavy (non-hydrogen) atoms. The Balaban J connectivity index is 1.35. The van der Waals surface area contributed by atoms with Gasteiger partial charge >= 0.3 is 12.1 Å². The van der Waals surface area contributed by atoms with Crippen LogP contribution in [-0.2, 0) is 12.5 Å². The summed E-state index contributed by atoms with van der Waals surface area (Å²) in [7, 11) is 2.14. The van der Waals surface area contributed by atoms with Crippen LogP contribution in [0.15, 0.2) is 60.9 Å². The molecular weight excluding hydrogens is 545 g/mol. The fourth-order valence-electron chi connectivity index (χ4n) is 4.66. The van der Waals surface area contributed by atoms with Crippen molar-refractivity contribution in [1.29, 1.82) is 0 Å². The summed E-state index contributed by atoms with van der Waals surface area (Å²) in [5, 5.41) is 5.19. The zero-order valence-electron chi connectivity index (χ0n) is 22.6. The molecule has 12 heteroatoms. The van der Waals surface area contributed by atoms with E-state index in [-0.39, 0.29) is 17.9 Å². The first-order valence-corrected chi connectivity index (χ1v) is 13.3. The van der Waals surface area contributed by atoms with Crippen LogP contribution in [0, 0.1) is 5.92 Å². The minimum Gasteiger partial charge on any atom is -0.478 e. The molecule has 1 aromatic carbocycles. The molecule has 220 valence electrons. The van der Waals surface area contributed by atoms with E-state index in [2.05, 4.69) is 32.5 Å². The second-order valence-corrected chi connectivity index (χ2v) is 10.1. The first-order valence-electron chi connectivity index (χ1n) is 13.3. The highest BCUT2D eigenvalue weighted by Gasteiger charge is 2.59. The lowest BCUT2D eigenvalue weighted by molar-refractivity contribution is -0.289. The lowest BCUT2D eigenvalue weighted by Crippen LogP contribution is -2.34. The van der Waals surface area contributed by atoms with Crippen LogP contribution in [0.25, 0.3) is 0 Å². The van der Waals surface area contributed by atoms with Gasteiger partial charge in [0.1, 0.15) is 5.82 Å². The Hall–Kier alpha value is -3.80. The lowest BCUT2D eigenvalue weighted by atomic mass is 9.93. The van der Waals surface area contributed by atoms with Crippen molar-refractivity contribution in [3.8, 4) is 5.88 Å². The molecule has 1 saturated heterocycles. The maximum Gasteiger partial charge on any atom is 0.458 e. The molecule has 7 nitrogen and oxygen atoms in total. The summed E-state index contributed by atoms with van der Waals surface area (Å²) < 4.78 is 73.0. The van der Waals surface area contributed by atoms with Crippen LogP contribution in [0.5, 0.6) is 5.88 Å². The molecule has 1 fully saturated rings. The number of anilines is 2. The van der Waals surface area contributed by atoms with E-state index in [1.165, 1.54) is 37.2 Å². The van der Waals surface area contributed by atoms with E-state index < -0.39 is 29.3 Å². The fourth-order valence-corrected chi connectivity index (χ4v) is 4.66. The van der Waals surface area contributed by atoms with Crippen molar-refractivity contribution in [2.45, 2.75) is 44.3 Å². The minimum absolute atomic E-state index is 0.0305. The summed E-state index contributed by atoms with van der Waals surface area (Å²) in [6, 6.07) is 10.3. The molecule has 0 unspecified atom stereocenters. The highest BCUT2D eigenvalue weighted by Crippen LogP contribution is 2.46. The summed E-state index contributed by atoms with van der Waals surface area (Å²) >= 11 is 0. The molecule has 2 aromatic heterocycles. The first kappa shape index (κ1) is 30.2. The van der Waals surface area contributed by atoms with Gasteiger partial charge in [0.25, 0.3) is 5.91 Å². The summed E-state index contributed by atoms with van der Waals surface area (Å²) in [6.45, 7) is 3.04. The number of alkyl halides is 5. The predicted octanol–water partition coefficient (Wildman–Crippen LogP) is 6.50. The van der Waals surface area contributed by atoms with Crippen LogP contribution in [0.1, 0.15) is 47.2 Å². The third kappa shape index (κ3) is 7.90. The fraction of sp³-hybridized carbons (Fsp3) is 0.414. The Morgan fingerprint density at radius 3 is 2.54 bits per heavy atom. The average Bonchev–Trinajstić information content (AvgIpc) is 2.95. The van der Waals surface area contributed by atoms with Crippen molar-refractivity contribution in [2.24, 2.45) is 5.92 Å². The molecule has 0 aliphatic carbocycles. The molecule has 1 aliphatic heterocycles. The Morgan fingerprint density at radius 1 is 1.02 bits per heavy atom. The zero-order chi connectivity index (χ0) is 29.5. The highest BCUT2D eigenvalue weighted by atomic mass is 19.4. The third-order valence-corrected chi connectivity index (χ3v) is 7.03. The molecule has 4 rings (SSSR count). The molecule has 0 spiro atoms. The molecule has 1 amide bonds. The van der Waals surface area contributed by atoms with Crippen molar-refractivity contribution in [3.05, 3.63) is 77.6 Å². The number of carbonyl (C=O) groups excluding carboxylic acids is 1. The highest BCUT2D eigenvalue weighted by molar-refractivity contribution is 6.07. The standard InChI is InChI=1S/C29H32F5N5O2/c1-39-15-11-20(12-16-39)6-5-17-41-25-18-21(10-14-35-25)19-37-26-22(7-4-13-36-26)27(40)38-24-9-3-2-8-23(24)28(30,31)29(32,33)34/h2-4,7-10,13-14,18,20H,5-6,11-12,15-17,19H2,1H3,(H,36,37)(H,38,40). The van der Waals surface area contributed by atoms with Gasteiger partial charge in [0, 0.05) is 25.0 Å². The van der Waals surface area contributed by atoms with Crippen molar-refractivity contribution < 1.29 is 31.5 Å². The maximum atomic E-state index is 14.1. The van der Waals surface area contributed by atoms with E-state index in [9.17, 15) is 26.7 Å². The molecule has 3 aromatic rings. The quantitative estimate of drug-likeness (QED) is 0.200. The van der Waals surface area contributed by atoms with Crippen molar-refractivity contribution in [1.82, 2.24) is 14.9 Å². The van der Waals surface area contributed by atoms with E-state index >= 15 is 0 Å². The number of pyridine rings is 2. The number of ether oxygens (including phenoxy) is 1. The third-order valence-electron chi connectivity index (χ3n) is 7.03. The smallest absolute Gasteiger partial charge is 0.458 e. The van der Waals surface area contributed by atoms with Gasteiger partial charge in [-0.2, -0.15) is 22.0 Å². The van der Waals surface area contributed by atoms with Crippen molar-refractivity contribution in [3.63, 3.8) is 0 Å². The van der Waals surface area contributed by atoms with Gasteiger partial charge in [0.2, 0.25) is 5.88 Å². The lowest BCUT2D eigenvalue weighted by Gasteiger charge is -2.28. The molecule has 0 bridgehead atoms. The van der Waals surface area contributed by atoms with Crippen molar-refractivity contribution in [2.75, 3.05) is 37.4 Å². The van der Waals surface area contributed by atoms with E-state index in [1.807, 2.05) is 0 Å². The number of likely N-dealkylation sites (tertiary alicyclic amines) is 1. The topological polar surface area (TPSA) is 79.4 Å². The first-order chi connectivity index (χ1) is 19.5. The Kier molecular flexibility index (Phi) is 9.74. The molecule has 0 saturated carbocycles.